The lowest BCUT2D eigenvalue weighted by atomic mass is 9.85. The van der Waals surface area contributed by atoms with E-state index in [1.165, 1.54) is 19.3 Å². The van der Waals surface area contributed by atoms with Crippen molar-refractivity contribution in [3.8, 4) is 0 Å². The number of allylic oxidation sites excluding steroid dienone is 2. The van der Waals surface area contributed by atoms with Gasteiger partial charge in [0, 0.05) is 5.92 Å². The van der Waals surface area contributed by atoms with Gasteiger partial charge >= 0.3 is 0 Å². The Hall–Kier alpha value is -0.590. The number of rotatable bonds is 1. The lowest BCUT2D eigenvalue weighted by Crippen LogP contribution is -2.09. The van der Waals surface area contributed by atoms with Crippen molar-refractivity contribution < 1.29 is 4.79 Å². The number of hydrogen-bond donors (Lipinski definition) is 0. The average Bonchev–Trinajstić information content (AvgIpc) is 2.62. The number of aldehydes is 1. The van der Waals surface area contributed by atoms with Gasteiger partial charge in [-0.25, -0.2) is 0 Å². The Morgan fingerprint density at radius 1 is 1.45 bits per heavy atom. The van der Waals surface area contributed by atoms with Crippen molar-refractivity contribution in [3.63, 3.8) is 0 Å². The summed E-state index contributed by atoms with van der Waals surface area (Å²) in [6.45, 7) is 0. The molecular formula is C10H14O. The smallest absolute Gasteiger partial charge is 0.123 e. The van der Waals surface area contributed by atoms with Gasteiger partial charge in [-0.3, -0.25) is 0 Å². The summed E-state index contributed by atoms with van der Waals surface area (Å²) in [5.41, 5.74) is 0.450. The van der Waals surface area contributed by atoms with E-state index in [1.807, 2.05) is 0 Å². The molecule has 1 fully saturated rings. The summed E-state index contributed by atoms with van der Waals surface area (Å²) in [5.74, 6) is 0.359. The van der Waals surface area contributed by atoms with Crippen LogP contribution < -0.4 is 0 Å². The van der Waals surface area contributed by atoms with Gasteiger partial charge < -0.3 is 4.79 Å². The maximum absolute atomic E-state index is 10.5. The zero-order valence-electron chi connectivity index (χ0n) is 6.75. The lowest BCUT2D eigenvalue weighted by molar-refractivity contribution is -0.111. The van der Waals surface area contributed by atoms with Crippen molar-refractivity contribution >= 4 is 6.29 Å². The molecule has 0 saturated heterocycles. The Balaban J connectivity index is 2.07. The Kier molecular flexibility index (Phi) is 1.59. The van der Waals surface area contributed by atoms with E-state index in [0.717, 1.165) is 19.1 Å². The van der Waals surface area contributed by atoms with E-state index < -0.39 is 0 Å². The third kappa shape index (κ3) is 1.13. The quantitative estimate of drug-likeness (QED) is 0.414. The highest BCUT2D eigenvalue weighted by Crippen LogP contribution is 2.48. The van der Waals surface area contributed by atoms with Gasteiger partial charge in [0.05, 0.1) is 0 Å². The third-order valence-electron chi connectivity index (χ3n) is 3.15. The van der Waals surface area contributed by atoms with Crippen LogP contribution in [0.3, 0.4) is 0 Å². The Morgan fingerprint density at radius 2 is 2.36 bits per heavy atom. The van der Waals surface area contributed by atoms with Gasteiger partial charge in [0.2, 0.25) is 0 Å². The summed E-state index contributed by atoms with van der Waals surface area (Å²) >= 11 is 0. The van der Waals surface area contributed by atoms with E-state index >= 15 is 0 Å². The maximum atomic E-state index is 10.5. The molecule has 0 aromatic rings. The zero-order chi connectivity index (χ0) is 7.73. The van der Waals surface area contributed by atoms with Crippen molar-refractivity contribution in [2.24, 2.45) is 11.3 Å². The van der Waals surface area contributed by atoms with E-state index in [2.05, 4.69) is 12.2 Å². The lowest BCUT2D eigenvalue weighted by Gasteiger charge is -2.19. The number of carbonyl (C=O) groups excluding carboxylic acids is 1. The first-order chi connectivity index (χ1) is 5.35. The van der Waals surface area contributed by atoms with Crippen molar-refractivity contribution in [2.45, 2.75) is 32.1 Å². The van der Waals surface area contributed by atoms with Gasteiger partial charge in [-0.15, -0.1) is 0 Å². The van der Waals surface area contributed by atoms with Crippen LogP contribution in [0.4, 0.5) is 0 Å². The molecule has 2 atom stereocenters. The Bertz CT molecular complexity index is 195. The highest BCUT2D eigenvalue weighted by atomic mass is 16.1. The summed E-state index contributed by atoms with van der Waals surface area (Å²) in [6.07, 6.45) is 11.8. The molecular weight excluding hydrogens is 136 g/mol. The van der Waals surface area contributed by atoms with Gasteiger partial charge in [0.25, 0.3) is 0 Å². The minimum Gasteiger partial charge on any atom is -0.303 e. The molecule has 60 valence electrons. The minimum atomic E-state index is 0.359. The van der Waals surface area contributed by atoms with Gasteiger partial charge in [-0.05, 0) is 37.5 Å². The fourth-order valence-electron chi connectivity index (χ4n) is 2.48. The second-order valence-electron chi connectivity index (χ2n) is 3.94. The van der Waals surface area contributed by atoms with E-state index in [4.69, 9.17) is 0 Å². The third-order valence-corrected chi connectivity index (χ3v) is 3.15. The second kappa shape index (κ2) is 2.47. The average molecular weight is 150 g/mol. The van der Waals surface area contributed by atoms with Crippen molar-refractivity contribution in [1.82, 2.24) is 0 Å². The molecule has 2 unspecified atom stereocenters. The van der Waals surface area contributed by atoms with Gasteiger partial charge in [-0.2, -0.15) is 0 Å². The van der Waals surface area contributed by atoms with Crippen LogP contribution in [0.15, 0.2) is 12.2 Å². The largest absolute Gasteiger partial charge is 0.303 e. The molecule has 2 aliphatic rings. The molecule has 1 spiro atoms. The van der Waals surface area contributed by atoms with Crippen LogP contribution in [-0.4, -0.2) is 6.29 Å². The highest BCUT2D eigenvalue weighted by Gasteiger charge is 2.37. The fraction of sp³-hybridized carbons (Fsp3) is 0.700. The molecule has 2 aliphatic carbocycles. The van der Waals surface area contributed by atoms with Crippen LogP contribution in [0.5, 0.6) is 0 Å². The molecule has 1 heteroatoms. The topological polar surface area (TPSA) is 17.1 Å². The van der Waals surface area contributed by atoms with Gasteiger partial charge in [0.1, 0.15) is 6.29 Å². The van der Waals surface area contributed by atoms with Crippen molar-refractivity contribution in [1.29, 1.82) is 0 Å². The number of carbonyl (C=O) groups is 1. The van der Waals surface area contributed by atoms with E-state index in [9.17, 15) is 4.79 Å². The molecule has 0 heterocycles. The normalized spacial score (nSPS) is 42.0. The molecule has 1 saturated carbocycles. The summed E-state index contributed by atoms with van der Waals surface area (Å²) in [7, 11) is 0. The Labute approximate surface area is 67.5 Å². The molecule has 0 aromatic heterocycles. The fourth-order valence-corrected chi connectivity index (χ4v) is 2.48. The van der Waals surface area contributed by atoms with Crippen LogP contribution in [0.2, 0.25) is 0 Å². The van der Waals surface area contributed by atoms with E-state index in [-0.39, 0.29) is 0 Å². The summed E-state index contributed by atoms with van der Waals surface area (Å²) < 4.78 is 0. The molecule has 0 N–H and O–H groups in total. The first kappa shape index (κ1) is 7.08. The van der Waals surface area contributed by atoms with Crippen LogP contribution in [0, 0.1) is 11.3 Å². The molecule has 0 aromatic carbocycles. The molecule has 11 heavy (non-hydrogen) atoms. The molecule has 0 aliphatic heterocycles. The van der Waals surface area contributed by atoms with Gasteiger partial charge in [-0.1, -0.05) is 12.2 Å². The van der Waals surface area contributed by atoms with Crippen molar-refractivity contribution in [2.75, 3.05) is 0 Å². The predicted octanol–water partition coefficient (Wildman–Crippen LogP) is 2.32. The minimum absolute atomic E-state index is 0.359. The Morgan fingerprint density at radius 3 is 2.91 bits per heavy atom. The van der Waals surface area contributed by atoms with Crippen LogP contribution in [0.1, 0.15) is 32.1 Å². The highest BCUT2D eigenvalue weighted by molar-refractivity contribution is 5.54. The van der Waals surface area contributed by atoms with Crippen molar-refractivity contribution in [3.05, 3.63) is 12.2 Å². The van der Waals surface area contributed by atoms with E-state index in [0.29, 0.717) is 11.3 Å². The van der Waals surface area contributed by atoms with Crippen LogP contribution >= 0.6 is 0 Å². The van der Waals surface area contributed by atoms with Crippen LogP contribution in [0.25, 0.3) is 0 Å². The molecule has 1 nitrogen and oxygen atoms in total. The predicted molar refractivity (Wildman–Crippen MR) is 44.2 cm³/mol. The molecule has 2 rings (SSSR count). The summed E-state index contributed by atoms with van der Waals surface area (Å²) in [5, 5.41) is 0. The van der Waals surface area contributed by atoms with Crippen LogP contribution in [-0.2, 0) is 4.79 Å². The first-order valence-corrected chi connectivity index (χ1v) is 4.48. The number of hydrogen-bond acceptors (Lipinski definition) is 1. The molecule has 0 radical (unpaired) electrons. The molecule has 0 bridgehead atoms. The SMILES string of the molecule is O=CC1CCC2(C=CCC2)C1. The van der Waals surface area contributed by atoms with E-state index in [1.54, 1.807) is 0 Å². The second-order valence-corrected chi connectivity index (χ2v) is 3.94. The summed E-state index contributed by atoms with van der Waals surface area (Å²) in [6, 6.07) is 0. The summed E-state index contributed by atoms with van der Waals surface area (Å²) in [4.78, 5) is 10.5. The monoisotopic (exact) mass is 150 g/mol. The van der Waals surface area contributed by atoms with Gasteiger partial charge in [0.15, 0.2) is 0 Å². The zero-order valence-corrected chi connectivity index (χ0v) is 6.75. The first-order valence-electron chi connectivity index (χ1n) is 4.48. The molecule has 0 amide bonds. The maximum Gasteiger partial charge on any atom is 0.123 e. The standard InChI is InChI=1S/C10H14O/c11-8-9-3-6-10(7-9)4-1-2-5-10/h1,4,8-9H,2-3,5-7H2.